The third-order valence-electron chi connectivity index (χ3n) is 1.26. The molecule has 0 saturated heterocycles. The van der Waals surface area contributed by atoms with E-state index >= 15 is 0 Å². The van der Waals surface area contributed by atoms with Crippen LogP contribution < -0.4 is 0 Å². The van der Waals surface area contributed by atoms with Crippen LogP contribution in [0.15, 0.2) is 0 Å². The molecule has 7 heavy (non-hydrogen) atoms. The lowest BCUT2D eigenvalue weighted by atomic mass is 10.5. The van der Waals surface area contributed by atoms with Crippen molar-refractivity contribution in [3.8, 4) is 0 Å². The van der Waals surface area contributed by atoms with Gasteiger partial charge in [0.1, 0.15) is 6.29 Å². The predicted octanol–water partition coefficient (Wildman–Crippen LogP) is 0.220. The molecule has 1 rings (SSSR count). The topological polar surface area (TPSA) is 26.3 Å². The summed E-state index contributed by atoms with van der Waals surface area (Å²) in [5.41, 5.74) is 0. The fourth-order valence-corrected chi connectivity index (χ4v) is 0.604. The Bertz CT molecular complexity index is 80.1. The second kappa shape index (κ2) is 1.62. The lowest BCUT2D eigenvalue weighted by Gasteiger charge is -1.84. The lowest BCUT2D eigenvalue weighted by molar-refractivity contribution is -0.109. The molecule has 1 saturated carbocycles. The van der Waals surface area contributed by atoms with Crippen molar-refractivity contribution in [1.29, 1.82) is 0 Å². The van der Waals surface area contributed by atoms with Gasteiger partial charge in [0.15, 0.2) is 0 Å². The van der Waals surface area contributed by atoms with Gasteiger partial charge < -0.3 is 9.53 Å². The number of hydrogen-bond acceptors (Lipinski definition) is 2. The average Bonchev–Trinajstić information content (AvgIpc) is 2.43. The lowest BCUT2D eigenvalue weighted by Crippen LogP contribution is -1.90. The molecule has 0 radical (unpaired) electrons. The van der Waals surface area contributed by atoms with Crippen LogP contribution in [0.1, 0.15) is 6.42 Å². The van der Waals surface area contributed by atoms with Crippen LogP contribution in [0, 0.1) is 5.92 Å². The second-order valence-corrected chi connectivity index (χ2v) is 1.81. The number of rotatable bonds is 2. The number of ether oxygens (including phenoxy) is 1. The van der Waals surface area contributed by atoms with Gasteiger partial charge in [-0.3, -0.25) is 0 Å². The summed E-state index contributed by atoms with van der Waals surface area (Å²) in [6, 6.07) is 0. The van der Waals surface area contributed by atoms with Gasteiger partial charge in [0.25, 0.3) is 0 Å². The van der Waals surface area contributed by atoms with E-state index in [2.05, 4.69) is 0 Å². The largest absolute Gasteiger partial charge is 0.381 e. The SMILES string of the molecule is CO[C@H]1C[C@@H]1C=O. The van der Waals surface area contributed by atoms with Crippen LogP contribution in [0.25, 0.3) is 0 Å². The van der Waals surface area contributed by atoms with Crippen molar-refractivity contribution < 1.29 is 9.53 Å². The van der Waals surface area contributed by atoms with Crippen molar-refractivity contribution in [3.05, 3.63) is 0 Å². The molecule has 40 valence electrons. The molecule has 0 N–H and O–H groups in total. The molecule has 2 atom stereocenters. The number of aldehydes is 1. The van der Waals surface area contributed by atoms with Gasteiger partial charge in [-0.2, -0.15) is 0 Å². The van der Waals surface area contributed by atoms with Gasteiger partial charge in [-0.05, 0) is 6.42 Å². The van der Waals surface area contributed by atoms with Crippen molar-refractivity contribution in [2.24, 2.45) is 5.92 Å². The predicted molar refractivity (Wildman–Crippen MR) is 25.0 cm³/mol. The number of carbonyl (C=O) groups excluding carboxylic acids is 1. The first kappa shape index (κ1) is 4.78. The van der Waals surface area contributed by atoms with E-state index in [1.54, 1.807) is 7.11 Å². The van der Waals surface area contributed by atoms with E-state index in [4.69, 9.17) is 4.74 Å². The maximum absolute atomic E-state index is 9.86. The highest BCUT2D eigenvalue weighted by Gasteiger charge is 2.36. The van der Waals surface area contributed by atoms with Crippen LogP contribution in [0.2, 0.25) is 0 Å². The minimum atomic E-state index is 0.213. The summed E-state index contributed by atoms with van der Waals surface area (Å²) in [5, 5.41) is 0. The molecule has 1 aliphatic rings. The minimum Gasteiger partial charge on any atom is -0.381 e. The fraction of sp³-hybridized carbons (Fsp3) is 0.800. The highest BCUT2D eigenvalue weighted by molar-refractivity contribution is 5.58. The highest BCUT2D eigenvalue weighted by Crippen LogP contribution is 2.30. The molecule has 0 spiro atoms. The van der Waals surface area contributed by atoms with Crippen LogP contribution in [0.4, 0.5) is 0 Å². The Labute approximate surface area is 42.5 Å². The van der Waals surface area contributed by atoms with Crippen LogP contribution in [-0.4, -0.2) is 19.5 Å². The Morgan fingerprint density at radius 1 is 1.86 bits per heavy atom. The molecule has 2 nitrogen and oxygen atoms in total. The molecule has 0 aromatic heterocycles. The fourth-order valence-electron chi connectivity index (χ4n) is 0.604. The van der Waals surface area contributed by atoms with Gasteiger partial charge >= 0.3 is 0 Å². The van der Waals surface area contributed by atoms with Gasteiger partial charge in [0.2, 0.25) is 0 Å². The van der Waals surface area contributed by atoms with E-state index in [0.717, 1.165) is 12.7 Å². The van der Waals surface area contributed by atoms with Gasteiger partial charge in [0.05, 0.1) is 6.10 Å². The summed E-state index contributed by atoms with van der Waals surface area (Å²) in [4.78, 5) is 9.86. The zero-order chi connectivity index (χ0) is 5.28. The molecule has 0 unspecified atom stereocenters. The van der Waals surface area contributed by atoms with Crippen LogP contribution in [0.3, 0.4) is 0 Å². The zero-order valence-corrected chi connectivity index (χ0v) is 4.26. The maximum Gasteiger partial charge on any atom is 0.125 e. The van der Waals surface area contributed by atoms with Crippen molar-refractivity contribution in [2.45, 2.75) is 12.5 Å². The van der Waals surface area contributed by atoms with Crippen molar-refractivity contribution in [3.63, 3.8) is 0 Å². The molecule has 0 aromatic carbocycles. The van der Waals surface area contributed by atoms with Crippen molar-refractivity contribution in [1.82, 2.24) is 0 Å². The number of carbonyl (C=O) groups is 1. The summed E-state index contributed by atoms with van der Waals surface area (Å²) < 4.78 is 4.83. The maximum atomic E-state index is 9.86. The van der Waals surface area contributed by atoms with Crippen LogP contribution in [0.5, 0.6) is 0 Å². The Hall–Kier alpha value is -0.370. The Balaban J connectivity index is 2.17. The zero-order valence-electron chi connectivity index (χ0n) is 4.26. The molecule has 0 aromatic rings. The summed E-state index contributed by atoms with van der Waals surface area (Å²) in [7, 11) is 1.63. The minimum absolute atomic E-state index is 0.213. The molecule has 0 bridgehead atoms. The highest BCUT2D eigenvalue weighted by atomic mass is 16.5. The van der Waals surface area contributed by atoms with E-state index < -0.39 is 0 Å². The molecule has 2 heteroatoms. The van der Waals surface area contributed by atoms with Crippen molar-refractivity contribution >= 4 is 6.29 Å². The molecule has 1 aliphatic carbocycles. The molecule has 0 heterocycles. The van der Waals surface area contributed by atoms with E-state index in [9.17, 15) is 4.79 Å². The quantitative estimate of drug-likeness (QED) is 0.464. The first-order valence-electron chi connectivity index (χ1n) is 2.36. The molecular weight excluding hydrogens is 92.1 g/mol. The average molecular weight is 100 g/mol. The van der Waals surface area contributed by atoms with Crippen LogP contribution >= 0.6 is 0 Å². The summed E-state index contributed by atoms with van der Waals surface area (Å²) in [5.74, 6) is 0.213. The normalized spacial score (nSPS) is 37.9. The number of hydrogen-bond donors (Lipinski definition) is 0. The van der Waals surface area contributed by atoms with E-state index in [0.29, 0.717) is 0 Å². The monoisotopic (exact) mass is 100 g/mol. The molecular formula is C5H8O2. The van der Waals surface area contributed by atoms with E-state index in [1.807, 2.05) is 0 Å². The van der Waals surface area contributed by atoms with E-state index in [-0.39, 0.29) is 12.0 Å². The molecule has 0 aliphatic heterocycles. The van der Waals surface area contributed by atoms with Gasteiger partial charge in [-0.25, -0.2) is 0 Å². The molecule has 0 amide bonds. The van der Waals surface area contributed by atoms with Crippen molar-refractivity contribution in [2.75, 3.05) is 7.11 Å². The smallest absolute Gasteiger partial charge is 0.125 e. The third-order valence-corrected chi connectivity index (χ3v) is 1.26. The van der Waals surface area contributed by atoms with Gasteiger partial charge in [0, 0.05) is 13.0 Å². The molecule has 1 fully saturated rings. The van der Waals surface area contributed by atoms with Gasteiger partial charge in [-0.1, -0.05) is 0 Å². The summed E-state index contributed by atoms with van der Waals surface area (Å²) in [6.45, 7) is 0. The van der Waals surface area contributed by atoms with E-state index in [1.165, 1.54) is 0 Å². The van der Waals surface area contributed by atoms with Gasteiger partial charge in [-0.15, -0.1) is 0 Å². The van der Waals surface area contributed by atoms with Crippen LogP contribution in [-0.2, 0) is 9.53 Å². The standard InChI is InChI=1S/C5H8O2/c1-7-5-2-4(5)3-6/h3-5H,2H2,1H3/t4-,5+/m1/s1. The number of methoxy groups -OCH3 is 1. The Morgan fingerprint density at radius 2 is 2.57 bits per heavy atom. The third kappa shape index (κ3) is 0.800. The Kier molecular flexibility index (Phi) is 1.11. The second-order valence-electron chi connectivity index (χ2n) is 1.81. The summed E-state index contributed by atoms with van der Waals surface area (Å²) in [6.07, 6.45) is 2.13. The first-order chi connectivity index (χ1) is 3.38. The summed E-state index contributed by atoms with van der Waals surface area (Å²) >= 11 is 0. The first-order valence-corrected chi connectivity index (χ1v) is 2.36. The Morgan fingerprint density at radius 3 is 2.71 bits per heavy atom.